The van der Waals surface area contributed by atoms with Crippen LogP contribution in [0.2, 0.25) is 0 Å². The summed E-state index contributed by atoms with van der Waals surface area (Å²) >= 11 is 0. The predicted octanol–water partition coefficient (Wildman–Crippen LogP) is 11.3. The molecule has 52 heavy (non-hydrogen) atoms. The van der Waals surface area contributed by atoms with Crippen molar-refractivity contribution >= 4 is 31.8 Å². The largest absolute Gasteiger partial charge is 0.283 e. The van der Waals surface area contributed by atoms with E-state index in [2.05, 4.69) is 43.3 Å². The van der Waals surface area contributed by atoms with Crippen LogP contribution in [0, 0.1) is 23.7 Å². The third-order valence-electron chi connectivity index (χ3n) is 12.9. The maximum Gasteiger partial charge on any atom is 0.283 e. The fourth-order valence-electron chi connectivity index (χ4n) is 10.8. The first-order valence-electron chi connectivity index (χ1n) is 18.6. The fraction of sp³-hybridized carbons (Fsp3) is 0.239. The zero-order valence-electron chi connectivity index (χ0n) is 29.0. The van der Waals surface area contributed by atoms with Crippen LogP contribution in [0.1, 0.15) is 44.6 Å². The van der Waals surface area contributed by atoms with E-state index < -0.39 is 10.2 Å². The van der Waals surface area contributed by atoms with Crippen LogP contribution in [0.5, 0.6) is 0 Å². The van der Waals surface area contributed by atoms with Crippen LogP contribution in [0.3, 0.4) is 0 Å². The van der Waals surface area contributed by atoms with Crippen molar-refractivity contribution in [3.05, 3.63) is 127 Å². The summed E-state index contributed by atoms with van der Waals surface area (Å²) in [5.41, 5.74) is 5.88. The van der Waals surface area contributed by atoms with Gasteiger partial charge in [-0.15, -0.1) is 0 Å². The number of benzene rings is 6. The Balaban J connectivity index is 1.04. The summed E-state index contributed by atoms with van der Waals surface area (Å²) < 4.78 is 26.6. The highest BCUT2D eigenvalue weighted by Crippen LogP contribution is 2.65. The molecule has 0 spiro atoms. The quantitative estimate of drug-likeness (QED) is 0.146. The fourth-order valence-corrected chi connectivity index (χ4v) is 12.7. The lowest BCUT2D eigenvalue weighted by atomic mass is 9.63. The third kappa shape index (κ3) is 4.37. The highest BCUT2D eigenvalue weighted by Gasteiger charge is 2.57. The van der Waals surface area contributed by atoms with Gasteiger partial charge in [0.2, 0.25) is 9.79 Å². The van der Waals surface area contributed by atoms with E-state index in [1.54, 1.807) is 0 Å². The van der Waals surface area contributed by atoms with Gasteiger partial charge in [-0.1, -0.05) is 114 Å². The first-order chi connectivity index (χ1) is 25.4. The molecule has 3 saturated carbocycles. The molecule has 2 bridgehead atoms. The van der Waals surface area contributed by atoms with E-state index in [9.17, 15) is 8.76 Å². The number of hydrogen-bond acceptors (Lipinski definition) is 4. The summed E-state index contributed by atoms with van der Waals surface area (Å²) in [5, 5.41) is 3.83. The number of rotatable bonds is 4. The molecular formula is C46H38N3O2S+. The van der Waals surface area contributed by atoms with Crippen molar-refractivity contribution < 1.29 is 8.76 Å². The SMILES string of the molecule is C[C@H]1C[C@@H]2C[C@H]3CC(c4ccc(-c5nc(-c6ccccc6)nc(-c6ccc7c(c6)[S+](=O)(O)c6c-7c7ccccc7c7ccccc67)n5)cc4)(CC23)C1. The van der Waals surface area contributed by atoms with E-state index in [4.69, 9.17) is 15.0 Å². The van der Waals surface area contributed by atoms with Gasteiger partial charge in [-0.2, -0.15) is 4.55 Å². The molecule has 254 valence electrons. The average Bonchev–Trinajstić information content (AvgIpc) is 3.56. The van der Waals surface area contributed by atoms with Gasteiger partial charge in [0, 0.05) is 33.7 Å². The van der Waals surface area contributed by atoms with Gasteiger partial charge in [0.05, 0.1) is 5.56 Å². The Morgan fingerprint density at radius 2 is 1.21 bits per heavy atom. The van der Waals surface area contributed by atoms with Crippen molar-refractivity contribution in [2.45, 2.75) is 54.2 Å². The maximum atomic E-state index is 14.6. The van der Waals surface area contributed by atoms with Gasteiger partial charge in [-0.25, -0.2) is 15.0 Å². The second-order valence-corrected chi connectivity index (χ2v) is 17.8. The number of hydrogen-bond donors (Lipinski definition) is 1. The molecule has 1 aromatic heterocycles. The molecule has 0 saturated heterocycles. The smallest absolute Gasteiger partial charge is 0.208 e. The molecule has 6 aromatic carbocycles. The van der Waals surface area contributed by atoms with E-state index in [-0.39, 0.29) is 5.41 Å². The molecule has 4 aliphatic rings. The normalized spacial score (nSPS) is 26.9. The standard InChI is InChI=1S/C46H37N3O2S/c1-27-21-31-22-32-25-46(24-27,26-39(31)32)33-18-15-29(16-19-33)44-47-43(28-9-3-2-4-10-28)48-45(49-44)30-17-20-38-40(23-30)52(50,51)42-37-14-8-6-12-35(37)34-11-5-7-13-36(34)41(38)42/h2-20,23,27,31-32,39H,21-22,24-26H2,1H3/p+1/t27-,31+,32-,39?,46?/m0/s1. The summed E-state index contributed by atoms with van der Waals surface area (Å²) in [6, 6.07) is 40.9. The molecule has 5 nitrogen and oxygen atoms in total. The topological polar surface area (TPSA) is 76.0 Å². The zero-order valence-corrected chi connectivity index (χ0v) is 29.8. The van der Waals surface area contributed by atoms with E-state index in [0.29, 0.717) is 32.8 Å². The molecular weight excluding hydrogens is 659 g/mol. The second kappa shape index (κ2) is 11.0. The van der Waals surface area contributed by atoms with Gasteiger partial charge in [0.25, 0.3) is 10.2 Å². The van der Waals surface area contributed by atoms with Gasteiger partial charge >= 0.3 is 0 Å². The van der Waals surface area contributed by atoms with Gasteiger partial charge in [-0.05, 0) is 95.0 Å². The lowest BCUT2D eigenvalue weighted by molar-refractivity contribution is 0.0780. The summed E-state index contributed by atoms with van der Waals surface area (Å²) in [6.45, 7) is 2.46. The number of fused-ring (bicyclic) bond motifs is 9. The van der Waals surface area contributed by atoms with Gasteiger partial charge in [-0.3, -0.25) is 0 Å². The van der Waals surface area contributed by atoms with Gasteiger partial charge in [0.15, 0.2) is 17.5 Å². The summed E-state index contributed by atoms with van der Waals surface area (Å²) in [6.07, 6.45) is 6.77. The van der Waals surface area contributed by atoms with Crippen LogP contribution in [-0.4, -0.2) is 19.5 Å². The molecule has 1 aliphatic heterocycles. The minimum absolute atomic E-state index is 0.286. The monoisotopic (exact) mass is 696 g/mol. The van der Waals surface area contributed by atoms with Crippen molar-refractivity contribution in [1.82, 2.24) is 15.0 Å². The summed E-state index contributed by atoms with van der Waals surface area (Å²) in [7, 11) is -3.59. The van der Waals surface area contributed by atoms with Crippen molar-refractivity contribution in [3.63, 3.8) is 0 Å². The van der Waals surface area contributed by atoms with Gasteiger partial charge in [0.1, 0.15) is 0 Å². The molecule has 7 aromatic rings. The van der Waals surface area contributed by atoms with Crippen LogP contribution in [-0.2, 0) is 19.8 Å². The van der Waals surface area contributed by atoms with E-state index in [0.717, 1.165) is 67.5 Å². The minimum Gasteiger partial charge on any atom is -0.208 e. The molecule has 6 atom stereocenters. The first kappa shape index (κ1) is 30.6. The number of nitrogens with zero attached hydrogens (tertiary/aromatic N) is 3. The van der Waals surface area contributed by atoms with Crippen LogP contribution >= 0.6 is 0 Å². The highest BCUT2D eigenvalue weighted by molar-refractivity contribution is 7.98. The second-order valence-electron chi connectivity index (χ2n) is 15.9. The Bertz CT molecular complexity index is 2650. The van der Waals surface area contributed by atoms with Gasteiger partial charge < -0.3 is 0 Å². The van der Waals surface area contributed by atoms with Crippen LogP contribution < -0.4 is 0 Å². The molecule has 3 aliphatic carbocycles. The van der Waals surface area contributed by atoms with Crippen LogP contribution in [0.25, 0.3) is 66.8 Å². The Labute approximate surface area is 304 Å². The van der Waals surface area contributed by atoms with Crippen LogP contribution in [0.4, 0.5) is 0 Å². The average molecular weight is 697 g/mol. The lowest BCUT2D eigenvalue weighted by Crippen LogP contribution is -2.34. The van der Waals surface area contributed by atoms with E-state index in [1.807, 2.05) is 84.9 Å². The minimum atomic E-state index is -3.59. The van der Waals surface area contributed by atoms with Crippen LogP contribution in [0.15, 0.2) is 131 Å². The van der Waals surface area contributed by atoms with E-state index >= 15 is 0 Å². The first-order valence-corrected chi connectivity index (χ1v) is 20.2. The predicted molar refractivity (Wildman–Crippen MR) is 208 cm³/mol. The summed E-state index contributed by atoms with van der Waals surface area (Å²) in [4.78, 5) is 15.9. The Morgan fingerprint density at radius 1 is 0.615 bits per heavy atom. The summed E-state index contributed by atoms with van der Waals surface area (Å²) in [5.74, 6) is 5.17. The third-order valence-corrected chi connectivity index (χ3v) is 14.8. The molecule has 3 unspecified atom stereocenters. The number of aromatic nitrogens is 3. The molecule has 0 radical (unpaired) electrons. The molecule has 6 heteroatoms. The Kier molecular flexibility index (Phi) is 6.46. The Morgan fingerprint density at radius 3 is 1.94 bits per heavy atom. The maximum absolute atomic E-state index is 14.6. The zero-order chi connectivity index (χ0) is 34.8. The van der Waals surface area contributed by atoms with Crippen molar-refractivity contribution in [2.75, 3.05) is 0 Å². The van der Waals surface area contributed by atoms with Crippen molar-refractivity contribution in [1.29, 1.82) is 0 Å². The lowest BCUT2D eigenvalue weighted by Gasteiger charge is -2.42. The van der Waals surface area contributed by atoms with Crippen molar-refractivity contribution in [3.8, 4) is 45.3 Å². The van der Waals surface area contributed by atoms with Crippen molar-refractivity contribution in [2.24, 2.45) is 23.7 Å². The molecule has 0 amide bonds. The molecule has 3 fully saturated rings. The Hall–Kier alpha value is -5.04. The molecule has 11 rings (SSSR count). The molecule has 1 N–H and O–H groups in total. The highest BCUT2D eigenvalue weighted by atomic mass is 32.3. The molecule has 2 heterocycles. The van der Waals surface area contributed by atoms with E-state index in [1.165, 1.54) is 37.7 Å².